The number of aliphatic hydroxyl groups is 1. The van der Waals surface area contributed by atoms with E-state index in [4.69, 9.17) is 15.6 Å². The highest BCUT2D eigenvalue weighted by molar-refractivity contribution is 5.79. The molecule has 5 nitrogen and oxygen atoms in total. The van der Waals surface area contributed by atoms with Crippen LogP contribution in [0.25, 0.3) is 0 Å². The van der Waals surface area contributed by atoms with Crippen LogP contribution in [0.5, 0.6) is 0 Å². The Kier molecular flexibility index (Phi) is 6.26. The number of carbonyl (C=O) groups is 1. The second kappa shape index (κ2) is 7.96. The van der Waals surface area contributed by atoms with E-state index < -0.39 is 0 Å². The Balaban J connectivity index is 1.81. The molecule has 1 amide bonds. The van der Waals surface area contributed by atoms with E-state index in [0.717, 1.165) is 51.6 Å². The van der Waals surface area contributed by atoms with Gasteiger partial charge in [0.2, 0.25) is 5.91 Å². The van der Waals surface area contributed by atoms with E-state index in [1.807, 2.05) is 4.90 Å². The van der Waals surface area contributed by atoms with Crippen LogP contribution in [0.1, 0.15) is 44.9 Å². The first kappa shape index (κ1) is 15.7. The minimum Gasteiger partial charge on any atom is -0.394 e. The number of amides is 1. The zero-order chi connectivity index (χ0) is 14.4. The number of aliphatic hydroxyl groups excluding tert-OH is 1. The summed E-state index contributed by atoms with van der Waals surface area (Å²) in [6.45, 7) is 1.98. The highest BCUT2D eigenvalue weighted by atomic mass is 16.5. The Morgan fingerprint density at radius 2 is 1.85 bits per heavy atom. The van der Waals surface area contributed by atoms with Gasteiger partial charge < -0.3 is 20.5 Å². The van der Waals surface area contributed by atoms with Gasteiger partial charge in [0, 0.05) is 19.1 Å². The maximum Gasteiger partial charge on any atom is 0.227 e. The van der Waals surface area contributed by atoms with Crippen LogP contribution in [0.15, 0.2) is 0 Å². The van der Waals surface area contributed by atoms with Crippen molar-refractivity contribution in [1.82, 2.24) is 4.90 Å². The summed E-state index contributed by atoms with van der Waals surface area (Å²) >= 11 is 0. The van der Waals surface area contributed by atoms with Gasteiger partial charge in [-0.25, -0.2) is 0 Å². The lowest BCUT2D eigenvalue weighted by atomic mass is 9.93. The molecule has 2 fully saturated rings. The van der Waals surface area contributed by atoms with Gasteiger partial charge in [0.25, 0.3) is 0 Å². The van der Waals surface area contributed by atoms with Gasteiger partial charge in [-0.2, -0.15) is 0 Å². The molecule has 1 aliphatic heterocycles. The summed E-state index contributed by atoms with van der Waals surface area (Å²) in [5.74, 6) is 0.271. The fraction of sp³-hybridized carbons (Fsp3) is 0.933. The van der Waals surface area contributed by atoms with Crippen molar-refractivity contribution in [2.24, 2.45) is 11.7 Å². The van der Waals surface area contributed by atoms with E-state index in [1.165, 1.54) is 6.42 Å². The number of carbonyl (C=O) groups excluding carboxylic acids is 1. The molecule has 0 radical (unpaired) electrons. The lowest BCUT2D eigenvalue weighted by Crippen LogP contribution is -2.47. The van der Waals surface area contributed by atoms with Gasteiger partial charge in [0.1, 0.15) is 0 Å². The van der Waals surface area contributed by atoms with Crippen LogP contribution in [-0.4, -0.2) is 54.4 Å². The van der Waals surface area contributed by atoms with Crippen molar-refractivity contribution in [3.05, 3.63) is 0 Å². The maximum atomic E-state index is 12.6. The highest BCUT2D eigenvalue weighted by Crippen LogP contribution is 2.25. The first-order valence-electron chi connectivity index (χ1n) is 7.99. The highest BCUT2D eigenvalue weighted by Gasteiger charge is 2.32. The number of hydrogen-bond acceptors (Lipinski definition) is 4. The van der Waals surface area contributed by atoms with Gasteiger partial charge in [-0.05, 0) is 25.7 Å². The zero-order valence-corrected chi connectivity index (χ0v) is 12.3. The van der Waals surface area contributed by atoms with Gasteiger partial charge >= 0.3 is 0 Å². The third-order valence-electron chi connectivity index (χ3n) is 4.59. The topological polar surface area (TPSA) is 75.8 Å². The Bertz CT molecular complexity index is 303. The van der Waals surface area contributed by atoms with E-state index in [-0.39, 0.29) is 30.6 Å². The quantitative estimate of drug-likeness (QED) is 0.752. The van der Waals surface area contributed by atoms with Crippen LogP contribution in [0.3, 0.4) is 0 Å². The van der Waals surface area contributed by atoms with Crippen LogP contribution in [-0.2, 0) is 9.53 Å². The fourth-order valence-electron chi connectivity index (χ4n) is 3.34. The summed E-state index contributed by atoms with van der Waals surface area (Å²) in [6, 6.07) is 0.0355. The van der Waals surface area contributed by atoms with Gasteiger partial charge in [-0.15, -0.1) is 0 Å². The first-order valence-corrected chi connectivity index (χ1v) is 7.99. The van der Waals surface area contributed by atoms with Gasteiger partial charge in [-0.1, -0.05) is 19.3 Å². The number of ether oxygens (including phenoxy) is 1. The van der Waals surface area contributed by atoms with Crippen molar-refractivity contribution >= 4 is 5.91 Å². The van der Waals surface area contributed by atoms with E-state index in [9.17, 15) is 4.79 Å². The number of piperidine rings is 1. The lowest BCUT2D eigenvalue weighted by molar-refractivity contribution is -0.139. The van der Waals surface area contributed by atoms with Gasteiger partial charge in [-0.3, -0.25) is 4.79 Å². The van der Waals surface area contributed by atoms with Crippen molar-refractivity contribution in [3.63, 3.8) is 0 Å². The molecule has 20 heavy (non-hydrogen) atoms. The van der Waals surface area contributed by atoms with Gasteiger partial charge in [0.05, 0.1) is 25.2 Å². The third kappa shape index (κ3) is 4.17. The molecule has 0 bridgehead atoms. The van der Waals surface area contributed by atoms with Crippen LogP contribution in [0.2, 0.25) is 0 Å². The van der Waals surface area contributed by atoms with Crippen LogP contribution in [0, 0.1) is 5.92 Å². The van der Waals surface area contributed by atoms with Crippen molar-refractivity contribution < 1.29 is 14.6 Å². The van der Waals surface area contributed by atoms with Crippen LogP contribution < -0.4 is 5.73 Å². The molecule has 1 aliphatic carbocycles. The summed E-state index contributed by atoms with van der Waals surface area (Å²) in [6.07, 6.45) is 7.33. The van der Waals surface area contributed by atoms with E-state index in [0.29, 0.717) is 6.61 Å². The largest absolute Gasteiger partial charge is 0.394 e. The maximum absolute atomic E-state index is 12.6. The minimum absolute atomic E-state index is 0.0208. The summed E-state index contributed by atoms with van der Waals surface area (Å²) in [4.78, 5) is 14.6. The normalized spacial score (nSPS) is 29.2. The molecule has 0 aromatic rings. The van der Waals surface area contributed by atoms with Crippen molar-refractivity contribution in [3.8, 4) is 0 Å². The number of nitrogens with zero attached hydrogens (tertiary/aromatic N) is 1. The Hall–Kier alpha value is -0.650. The summed E-state index contributed by atoms with van der Waals surface area (Å²) in [7, 11) is 0. The number of likely N-dealkylation sites (tertiary alicyclic amines) is 1. The van der Waals surface area contributed by atoms with Crippen molar-refractivity contribution in [2.45, 2.75) is 57.1 Å². The molecule has 1 saturated carbocycles. The SMILES string of the molecule is NC1CCCCCC1C(=O)N1CCC(OCCO)CC1. The molecule has 2 aliphatic rings. The summed E-state index contributed by atoms with van der Waals surface area (Å²) in [5, 5.41) is 8.76. The minimum atomic E-state index is 0.0208. The molecule has 116 valence electrons. The average molecular weight is 284 g/mol. The molecule has 2 rings (SSSR count). The predicted octanol–water partition coefficient (Wildman–Crippen LogP) is 0.894. The lowest BCUT2D eigenvalue weighted by Gasteiger charge is -2.35. The number of nitrogens with two attached hydrogens (primary N) is 1. The molecule has 1 saturated heterocycles. The molecule has 0 aromatic carbocycles. The van der Waals surface area contributed by atoms with Gasteiger partial charge in [0.15, 0.2) is 0 Å². The molecule has 0 spiro atoms. The molecular formula is C15H28N2O3. The Labute approximate surface area is 121 Å². The number of rotatable bonds is 4. The monoisotopic (exact) mass is 284 g/mol. The molecule has 0 aromatic heterocycles. The molecule has 3 N–H and O–H groups in total. The molecule has 5 heteroatoms. The van der Waals surface area contributed by atoms with Crippen LogP contribution in [0.4, 0.5) is 0 Å². The average Bonchev–Trinajstić information content (AvgIpc) is 2.69. The zero-order valence-electron chi connectivity index (χ0n) is 12.3. The molecule has 1 heterocycles. The van der Waals surface area contributed by atoms with Crippen molar-refractivity contribution in [2.75, 3.05) is 26.3 Å². The van der Waals surface area contributed by atoms with E-state index >= 15 is 0 Å². The summed E-state index contributed by atoms with van der Waals surface area (Å²) in [5.41, 5.74) is 6.18. The standard InChI is InChI=1S/C15H28N2O3/c16-14-5-3-1-2-4-13(14)15(19)17-8-6-12(7-9-17)20-11-10-18/h12-14,18H,1-11,16H2. The molecule has 2 atom stereocenters. The third-order valence-corrected chi connectivity index (χ3v) is 4.59. The summed E-state index contributed by atoms with van der Waals surface area (Å²) < 4.78 is 5.53. The second-order valence-corrected chi connectivity index (χ2v) is 6.03. The molecule has 2 unspecified atom stereocenters. The molecular weight excluding hydrogens is 256 g/mol. The number of hydrogen-bond donors (Lipinski definition) is 2. The Morgan fingerprint density at radius 1 is 1.15 bits per heavy atom. The van der Waals surface area contributed by atoms with Crippen molar-refractivity contribution in [1.29, 1.82) is 0 Å². The Morgan fingerprint density at radius 3 is 2.55 bits per heavy atom. The van der Waals surface area contributed by atoms with E-state index in [2.05, 4.69) is 0 Å². The van der Waals surface area contributed by atoms with E-state index in [1.54, 1.807) is 0 Å². The fourth-order valence-corrected chi connectivity index (χ4v) is 3.34. The smallest absolute Gasteiger partial charge is 0.227 e. The predicted molar refractivity (Wildman–Crippen MR) is 77.2 cm³/mol. The van der Waals surface area contributed by atoms with Crippen LogP contribution >= 0.6 is 0 Å². The first-order chi connectivity index (χ1) is 9.72. The second-order valence-electron chi connectivity index (χ2n) is 6.03.